The van der Waals surface area contributed by atoms with Crippen molar-refractivity contribution in [2.45, 2.75) is 0 Å². The van der Waals surface area contributed by atoms with Crippen LogP contribution in [0.2, 0.25) is 0 Å². The maximum absolute atomic E-state index is 5.42. The Bertz CT molecular complexity index is 945. The molecule has 1 aromatic carbocycles. The van der Waals surface area contributed by atoms with Crippen LogP contribution in [0.5, 0.6) is 0 Å². The number of hydrogen-bond donors (Lipinski definition) is 1. The van der Waals surface area contributed by atoms with Crippen LogP contribution in [-0.2, 0) is 0 Å². The predicted molar refractivity (Wildman–Crippen MR) is 95.8 cm³/mol. The molecule has 0 radical (unpaired) electrons. The van der Waals surface area contributed by atoms with Crippen molar-refractivity contribution in [1.82, 2.24) is 15.1 Å². The second-order valence-corrected chi connectivity index (χ2v) is 5.94. The molecular weight excluding hydrogens is 320 g/mol. The van der Waals surface area contributed by atoms with Gasteiger partial charge in [-0.1, -0.05) is 17.3 Å². The summed E-state index contributed by atoms with van der Waals surface area (Å²) in [6.07, 6.45) is 1.72. The highest BCUT2D eigenvalue weighted by molar-refractivity contribution is 7.08. The summed E-state index contributed by atoms with van der Waals surface area (Å²) in [6, 6.07) is 14.0. The third kappa shape index (κ3) is 2.68. The number of hydrogen-bond acceptors (Lipinski definition) is 6. The second kappa shape index (κ2) is 6.25. The quantitative estimate of drug-likeness (QED) is 0.592. The first-order valence-corrected chi connectivity index (χ1v) is 8.39. The van der Waals surface area contributed by atoms with Gasteiger partial charge in [-0.3, -0.25) is 0 Å². The molecule has 1 N–H and O–H groups in total. The van der Waals surface area contributed by atoms with E-state index in [9.17, 15) is 0 Å². The van der Waals surface area contributed by atoms with Gasteiger partial charge < -0.3 is 9.84 Å². The summed E-state index contributed by atoms with van der Waals surface area (Å²) in [5.74, 6) is 1.73. The molecule has 3 heterocycles. The molecule has 0 aliphatic carbocycles. The molecule has 6 heteroatoms. The Morgan fingerprint density at radius 2 is 1.83 bits per heavy atom. The van der Waals surface area contributed by atoms with E-state index in [1.54, 1.807) is 17.5 Å². The number of nitrogens with one attached hydrogen (secondary N) is 1. The van der Waals surface area contributed by atoms with E-state index in [1.807, 2.05) is 31.3 Å². The summed E-state index contributed by atoms with van der Waals surface area (Å²) in [5.41, 5.74) is 4.09. The highest BCUT2D eigenvalue weighted by Gasteiger charge is 2.14. The van der Waals surface area contributed by atoms with Gasteiger partial charge in [-0.05, 0) is 52.2 Å². The minimum absolute atomic E-state index is 0.493. The molecule has 0 bridgehead atoms. The Morgan fingerprint density at radius 3 is 2.58 bits per heavy atom. The van der Waals surface area contributed by atoms with Crippen molar-refractivity contribution in [2.24, 2.45) is 0 Å². The van der Waals surface area contributed by atoms with Crippen molar-refractivity contribution in [3.05, 3.63) is 59.4 Å². The monoisotopic (exact) mass is 334 g/mol. The smallest absolute Gasteiger partial charge is 0.258 e. The first-order valence-electron chi connectivity index (χ1n) is 7.45. The van der Waals surface area contributed by atoms with E-state index in [0.717, 1.165) is 16.9 Å². The number of aromatic nitrogens is 3. The van der Waals surface area contributed by atoms with Crippen molar-refractivity contribution in [2.75, 3.05) is 12.4 Å². The zero-order chi connectivity index (χ0) is 16.4. The Kier molecular flexibility index (Phi) is 3.80. The largest absolute Gasteiger partial charge is 0.373 e. The van der Waals surface area contributed by atoms with Crippen LogP contribution in [0.15, 0.2) is 63.9 Å². The van der Waals surface area contributed by atoms with Gasteiger partial charge in [0.05, 0.1) is 5.56 Å². The van der Waals surface area contributed by atoms with Crippen molar-refractivity contribution < 1.29 is 4.52 Å². The normalized spacial score (nSPS) is 10.7. The highest BCUT2D eigenvalue weighted by Crippen LogP contribution is 2.28. The molecule has 0 saturated carbocycles. The number of anilines is 1. The molecule has 0 saturated heterocycles. The van der Waals surface area contributed by atoms with Crippen LogP contribution in [0.3, 0.4) is 0 Å². The lowest BCUT2D eigenvalue weighted by molar-refractivity contribution is 0.432. The molecule has 0 amide bonds. The number of thiophene rings is 1. The Balaban J connectivity index is 1.65. The Hall–Kier alpha value is -2.99. The lowest BCUT2D eigenvalue weighted by Gasteiger charge is -2.02. The Labute approximate surface area is 143 Å². The summed E-state index contributed by atoms with van der Waals surface area (Å²) in [6.45, 7) is 0. The van der Waals surface area contributed by atoms with E-state index < -0.39 is 0 Å². The van der Waals surface area contributed by atoms with Crippen molar-refractivity contribution >= 4 is 17.2 Å². The molecule has 4 rings (SSSR count). The summed E-state index contributed by atoms with van der Waals surface area (Å²) in [4.78, 5) is 8.76. The average molecular weight is 334 g/mol. The molecule has 5 nitrogen and oxygen atoms in total. The average Bonchev–Trinajstić information content (AvgIpc) is 3.34. The zero-order valence-corrected chi connectivity index (χ0v) is 13.7. The van der Waals surface area contributed by atoms with Crippen LogP contribution < -0.4 is 5.32 Å². The fraction of sp³-hybridized carbons (Fsp3) is 0.0556. The zero-order valence-electron chi connectivity index (χ0n) is 12.9. The van der Waals surface area contributed by atoms with Gasteiger partial charge in [0.25, 0.3) is 5.89 Å². The van der Waals surface area contributed by atoms with Crippen molar-refractivity contribution in [1.29, 1.82) is 0 Å². The molecular formula is C18H14N4OS. The molecule has 0 unspecified atom stereocenters. The summed E-state index contributed by atoms with van der Waals surface area (Å²) in [5, 5.41) is 11.3. The van der Waals surface area contributed by atoms with E-state index >= 15 is 0 Å². The maximum Gasteiger partial charge on any atom is 0.258 e. The fourth-order valence-corrected chi connectivity index (χ4v) is 3.13. The molecule has 118 valence electrons. The lowest BCUT2D eigenvalue weighted by atomic mass is 10.1. The first kappa shape index (κ1) is 14.6. The topological polar surface area (TPSA) is 63.8 Å². The van der Waals surface area contributed by atoms with E-state index in [1.165, 1.54) is 11.1 Å². The first-order chi connectivity index (χ1) is 11.8. The molecule has 0 aliphatic heterocycles. The summed E-state index contributed by atoms with van der Waals surface area (Å²) >= 11 is 1.69. The standard InChI is InChI=1S/C18H14N4OS/c1-19-16-15(3-2-9-20-16)17-21-18(23-22-17)13-6-4-12(5-7-13)14-8-10-24-11-14/h2-11H,1H3,(H,19,20). The van der Waals surface area contributed by atoms with E-state index in [4.69, 9.17) is 4.52 Å². The summed E-state index contributed by atoms with van der Waals surface area (Å²) in [7, 11) is 1.82. The van der Waals surface area contributed by atoms with E-state index in [-0.39, 0.29) is 0 Å². The Morgan fingerprint density at radius 1 is 1.00 bits per heavy atom. The van der Waals surface area contributed by atoms with Crippen molar-refractivity contribution in [3.63, 3.8) is 0 Å². The van der Waals surface area contributed by atoms with Crippen LogP contribution in [0, 0.1) is 0 Å². The van der Waals surface area contributed by atoms with Gasteiger partial charge in [-0.25, -0.2) is 4.98 Å². The number of rotatable bonds is 4. The van der Waals surface area contributed by atoms with Crippen LogP contribution in [0.25, 0.3) is 34.0 Å². The molecule has 4 aromatic rings. The van der Waals surface area contributed by atoms with Gasteiger partial charge in [0.15, 0.2) is 0 Å². The van der Waals surface area contributed by atoms with Gasteiger partial charge >= 0.3 is 0 Å². The van der Waals surface area contributed by atoms with E-state index in [0.29, 0.717) is 11.7 Å². The number of benzene rings is 1. The third-order valence-electron chi connectivity index (χ3n) is 3.70. The highest BCUT2D eigenvalue weighted by atomic mass is 32.1. The molecule has 0 aliphatic rings. The van der Waals surface area contributed by atoms with Gasteiger partial charge in [-0.15, -0.1) is 0 Å². The van der Waals surface area contributed by atoms with Crippen LogP contribution in [-0.4, -0.2) is 22.2 Å². The van der Waals surface area contributed by atoms with Crippen molar-refractivity contribution in [3.8, 4) is 34.0 Å². The van der Waals surface area contributed by atoms with Crippen LogP contribution in [0.4, 0.5) is 5.82 Å². The molecule has 0 spiro atoms. The van der Waals surface area contributed by atoms with Gasteiger partial charge in [0.2, 0.25) is 5.82 Å². The van der Waals surface area contributed by atoms with Crippen LogP contribution >= 0.6 is 11.3 Å². The van der Waals surface area contributed by atoms with Crippen LogP contribution in [0.1, 0.15) is 0 Å². The minimum atomic E-state index is 0.493. The third-order valence-corrected chi connectivity index (χ3v) is 4.38. The number of pyridine rings is 1. The second-order valence-electron chi connectivity index (χ2n) is 5.16. The maximum atomic E-state index is 5.42. The van der Waals surface area contributed by atoms with E-state index in [2.05, 4.69) is 49.4 Å². The lowest BCUT2D eigenvalue weighted by Crippen LogP contribution is -1.95. The van der Waals surface area contributed by atoms with Gasteiger partial charge in [0.1, 0.15) is 5.82 Å². The SMILES string of the molecule is CNc1ncccc1-c1noc(-c2ccc(-c3ccsc3)cc2)n1. The van der Waals surface area contributed by atoms with Gasteiger partial charge in [-0.2, -0.15) is 16.3 Å². The molecule has 3 aromatic heterocycles. The molecule has 0 atom stereocenters. The molecule has 24 heavy (non-hydrogen) atoms. The number of nitrogens with zero attached hydrogens (tertiary/aromatic N) is 3. The minimum Gasteiger partial charge on any atom is -0.373 e. The van der Waals surface area contributed by atoms with Gasteiger partial charge in [0, 0.05) is 18.8 Å². The molecule has 0 fully saturated rings. The summed E-state index contributed by atoms with van der Waals surface area (Å²) < 4.78 is 5.42. The predicted octanol–water partition coefficient (Wildman–Crippen LogP) is 4.57. The fourth-order valence-electron chi connectivity index (χ4n) is 2.47.